The molecule has 0 unspecified atom stereocenters. The molecule has 3 aromatic carbocycles. The Hall–Kier alpha value is -10.4. The fourth-order valence-corrected chi connectivity index (χ4v) is 11.8. The van der Waals surface area contributed by atoms with E-state index in [1.807, 2.05) is 41.1 Å². The normalized spacial score (nSPS) is 16.6. The van der Waals surface area contributed by atoms with Crippen molar-refractivity contribution in [2.24, 2.45) is 0 Å². The van der Waals surface area contributed by atoms with Crippen LogP contribution in [0.15, 0.2) is 134 Å². The summed E-state index contributed by atoms with van der Waals surface area (Å²) in [5, 5.41) is 44.3. The van der Waals surface area contributed by atoms with Crippen LogP contribution < -0.4 is 35.5 Å². The molecule has 0 saturated heterocycles. The smallest absolute Gasteiger partial charge is 0.490 e. The number of hydrogen-bond acceptors (Lipinski definition) is 18. The Balaban J connectivity index is 0.000000206. The highest BCUT2D eigenvalue weighted by atomic mass is 28.4. The number of nitrogens with zero attached hydrogens (tertiary/aromatic N) is 9. The van der Waals surface area contributed by atoms with Crippen LogP contribution >= 0.6 is 0 Å². The van der Waals surface area contributed by atoms with Gasteiger partial charge in [-0.3, -0.25) is 14.7 Å². The second kappa shape index (κ2) is 28.2. The van der Waals surface area contributed by atoms with Gasteiger partial charge in [-0.15, -0.1) is 0 Å². The number of fused-ring (bicyclic) bond motifs is 2. The minimum Gasteiger partial charge on any atom is -0.497 e. The maximum Gasteiger partial charge on any atom is 0.490 e. The van der Waals surface area contributed by atoms with Gasteiger partial charge >= 0.3 is 12.1 Å². The number of H-pyrrole nitrogens is 1. The second-order valence-electron chi connectivity index (χ2n) is 23.7. The van der Waals surface area contributed by atoms with Gasteiger partial charge in [0.25, 0.3) is 11.8 Å². The fourth-order valence-electron chi connectivity index (χ4n) is 10.3. The number of carbonyl (C=O) groups excluding carboxylic acids is 3. The summed E-state index contributed by atoms with van der Waals surface area (Å²) in [7, 11) is -0.189. The van der Waals surface area contributed by atoms with E-state index in [-0.39, 0.29) is 47.8 Å². The molecule has 6 heterocycles. The van der Waals surface area contributed by atoms with Gasteiger partial charge in [-0.05, 0) is 160 Å². The fraction of sp³-hybridized carbons (Fsp3) is 0.318. The van der Waals surface area contributed by atoms with Crippen LogP contribution in [-0.2, 0) is 20.5 Å². The maximum absolute atomic E-state index is 12.9. The van der Waals surface area contributed by atoms with Crippen LogP contribution in [0.1, 0.15) is 110 Å². The molecular formula is C66H67F3N14O8Si. The summed E-state index contributed by atoms with van der Waals surface area (Å²) in [4.78, 5) is 53.8. The van der Waals surface area contributed by atoms with E-state index in [0.29, 0.717) is 93.0 Å². The van der Waals surface area contributed by atoms with Crippen LogP contribution in [0.25, 0.3) is 22.1 Å². The van der Waals surface area contributed by atoms with Crippen LogP contribution in [0.5, 0.6) is 28.7 Å². The lowest BCUT2D eigenvalue weighted by molar-refractivity contribution is -0.206. The van der Waals surface area contributed by atoms with Crippen LogP contribution in [0.2, 0.25) is 18.1 Å². The number of hydrogen-bond donors (Lipinski definition) is 5. The van der Waals surface area contributed by atoms with Crippen molar-refractivity contribution in [2.45, 2.75) is 127 Å². The van der Waals surface area contributed by atoms with Crippen LogP contribution in [0.4, 0.5) is 36.4 Å². The number of aromatic nitrogens is 8. The molecule has 6 aromatic heterocycles. The number of nitrogens with one attached hydrogen (secondary N) is 5. The highest BCUT2D eigenvalue weighted by molar-refractivity contribution is 6.74. The number of nitriles is 2. The molecule has 0 atom stereocenters. The van der Waals surface area contributed by atoms with Crippen molar-refractivity contribution < 1.29 is 50.9 Å². The molecular weight excluding hydrogens is 1200 g/mol. The highest BCUT2D eigenvalue weighted by Crippen LogP contribution is 2.41. The predicted molar refractivity (Wildman–Crippen MR) is 340 cm³/mol. The Kier molecular flexibility index (Phi) is 19.8. The molecule has 2 saturated carbocycles. The quantitative estimate of drug-likeness (QED) is 0.0394. The molecule has 0 spiro atoms. The molecule has 0 radical (unpaired) electrons. The number of alkyl halides is 3. The van der Waals surface area contributed by atoms with E-state index in [4.69, 9.17) is 39.2 Å². The Labute approximate surface area is 529 Å². The largest absolute Gasteiger partial charge is 0.497 e. The van der Waals surface area contributed by atoms with Gasteiger partial charge in [0.2, 0.25) is 0 Å². The number of rotatable bonds is 18. The first kappa shape index (κ1) is 64.5. The summed E-state index contributed by atoms with van der Waals surface area (Å²) in [6, 6.07) is 35.0. The van der Waals surface area contributed by atoms with Gasteiger partial charge in [-0.1, -0.05) is 32.9 Å². The molecule has 11 rings (SSSR count). The maximum atomic E-state index is 12.9. The van der Waals surface area contributed by atoms with Gasteiger partial charge < -0.3 is 44.6 Å². The zero-order valence-electron chi connectivity index (χ0n) is 51.3. The van der Waals surface area contributed by atoms with Crippen molar-refractivity contribution in [3.8, 4) is 40.9 Å². The summed E-state index contributed by atoms with van der Waals surface area (Å²) in [6.07, 6.45) is 6.11. The molecule has 26 heteroatoms. The monoisotopic (exact) mass is 1270 g/mol. The minimum atomic E-state index is -5.01. The van der Waals surface area contributed by atoms with Crippen LogP contribution in [-0.4, -0.2) is 104 Å². The molecule has 5 N–H and O–H groups in total. The van der Waals surface area contributed by atoms with Gasteiger partial charge in [0, 0.05) is 66.2 Å². The number of anilines is 4. The molecule has 0 aliphatic heterocycles. The zero-order valence-corrected chi connectivity index (χ0v) is 52.3. The lowest BCUT2D eigenvalue weighted by Gasteiger charge is -2.41. The first-order chi connectivity index (χ1) is 44.1. The van der Waals surface area contributed by atoms with Crippen molar-refractivity contribution in [1.29, 1.82) is 10.5 Å². The third kappa shape index (κ3) is 16.1. The zero-order chi connectivity index (χ0) is 65.2. The number of aromatic amines is 1. The average Bonchev–Trinajstić information content (AvgIpc) is 1.70. The average molecular weight is 1270 g/mol. The number of methoxy groups -OCH3 is 1. The van der Waals surface area contributed by atoms with Crippen molar-refractivity contribution in [1.82, 2.24) is 39.9 Å². The second-order valence-corrected chi connectivity index (χ2v) is 28.5. The van der Waals surface area contributed by atoms with Gasteiger partial charge in [0.1, 0.15) is 57.3 Å². The van der Waals surface area contributed by atoms with Crippen molar-refractivity contribution in [3.05, 3.63) is 162 Å². The number of halogens is 3. The van der Waals surface area contributed by atoms with Crippen molar-refractivity contribution in [3.63, 3.8) is 0 Å². The number of pyridine rings is 4. The number of ether oxygens (including phenoxy) is 4. The molecule has 2 aliphatic rings. The minimum absolute atomic E-state index is 0.114. The Morgan fingerprint density at radius 2 is 1.12 bits per heavy atom. The van der Waals surface area contributed by atoms with E-state index >= 15 is 0 Å². The van der Waals surface area contributed by atoms with Crippen LogP contribution in [0, 0.1) is 22.7 Å². The Bertz CT molecular complexity index is 4170. The highest BCUT2D eigenvalue weighted by Gasteiger charge is 2.43. The van der Waals surface area contributed by atoms with Crippen LogP contribution in [0.3, 0.4) is 0 Å². The summed E-state index contributed by atoms with van der Waals surface area (Å²) in [6.45, 7) is 12.0. The Morgan fingerprint density at radius 3 is 1.63 bits per heavy atom. The molecule has 9 aromatic rings. The SMILES string of the molecule is COc1ccc(Cn2nc(NC3CCC(O[Si](C)(C)C(C)(C)C)CC3)c3c(Oc4ccc(C(=O)Nc5cc(C#N)ccn5)cc4)ccnc32)cc1.N#Cc1ccnc(NC(=O)c2ccc(Oc3ccnc4[nH]nc(NC5CCC(OC(=O)C(F)(F)F)CC5)c34)cc2)c1. The molecule has 2 amide bonds. The molecule has 0 bridgehead atoms. The molecule has 22 nitrogen and oxygen atoms in total. The van der Waals surface area contributed by atoms with Crippen molar-refractivity contribution >= 4 is 71.4 Å². The standard InChI is InChI=1S/C39H45N7O4Si.C27H22F3N7O4/c1-39(2,3)51(5,6)50-32-17-11-29(12-18-32)43-36-35-33(20-22-42-37(35)46(45-36)25-26-7-13-30(48-4)14-8-26)49-31-15-9-28(10-16-31)38(47)44-34-23-27(24-40)19-21-41-34;28-27(29,30)26(39)41-19-7-3-17(4-8-19)34-24-22-20(10-12-33-23(22)36-37-24)40-18-5-1-16(2-6-18)25(38)35-21-13-15(14-31)9-11-32-21/h7-10,13-16,19-23,29,32H,11-12,17-18,25H2,1-6H3,(H,43,45)(H,41,44,47);1-2,5-6,9-13,17,19H,3-4,7-8H2,(H,32,35,38)(H2,33,34,36,37). The van der Waals surface area contributed by atoms with E-state index in [9.17, 15) is 27.6 Å². The molecule has 474 valence electrons. The third-order valence-corrected chi connectivity index (χ3v) is 20.8. The lowest BCUT2D eigenvalue weighted by Crippen LogP contribution is -2.45. The Morgan fingerprint density at radius 1 is 0.630 bits per heavy atom. The van der Waals surface area contributed by atoms with E-state index < -0.39 is 32.5 Å². The lowest BCUT2D eigenvalue weighted by atomic mass is 9.93. The number of amides is 2. The number of benzene rings is 3. The van der Waals surface area contributed by atoms with Crippen molar-refractivity contribution in [2.75, 3.05) is 28.4 Å². The molecule has 92 heavy (non-hydrogen) atoms. The van der Waals surface area contributed by atoms with E-state index in [2.05, 4.69) is 91.1 Å². The topological polar surface area (TPSA) is 291 Å². The third-order valence-electron chi connectivity index (χ3n) is 16.3. The number of esters is 1. The van der Waals surface area contributed by atoms with E-state index in [1.54, 1.807) is 80.2 Å². The first-order valence-corrected chi connectivity index (χ1v) is 32.7. The van der Waals surface area contributed by atoms with E-state index in [1.165, 1.54) is 30.6 Å². The van der Waals surface area contributed by atoms with Gasteiger partial charge in [0.05, 0.1) is 36.9 Å². The summed E-state index contributed by atoms with van der Waals surface area (Å²) in [5.74, 6) is 1.66. The summed E-state index contributed by atoms with van der Waals surface area (Å²) < 4.78 is 68.6. The number of carbonyl (C=O) groups is 3. The van der Waals surface area contributed by atoms with E-state index in [0.717, 1.165) is 48.2 Å². The first-order valence-electron chi connectivity index (χ1n) is 29.8. The predicted octanol–water partition coefficient (Wildman–Crippen LogP) is 13.6. The van der Waals surface area contributed by atoms with Gasteiger partial charge in [-0.25, -0.2) is 29.4 Å². The van der Waals surface area contributed by atoms with Gasteiger partial charge in [-0.2, -0.15) is 33.9 Å². The van der Waals surface area contributed by atoms with Gasteiger partial charge in [0.15, 0.2) is 31.2 Å². The molecule has 2 aliphatic carbocycles. The summed E-state index contributed by atoms with van der Waals surface area (Å²) >= 11 is 0. The molecule has 2 fully saturated rings. The summed E-state index contributed by atoms with van der Waals surface area (Å²) in [5.41, 5.74) is 3.78.